The van der Waals surface area contributed by atoms with Crippen LogP contribution in [-0.2, 0) is 25.4 Å². The summed E-state index contributed by atoms with van der Waals surface area (Å²) in [6.45, 7) is 0.132. The first-order valence-corrected chi connectivity index (χ1v) is 8.37. The van der Waals surface area contributed by atoms with E-state index in [1.54, 1.807) is 6.07 Å². The molecule has 0 radical (unpaired) electrons. The second-order valence-electron chi connectivity index (χ2n) is 5.61. The van der Waals surface area contributed by atoms with Gasteiger partial charge in [0.2, 0.25) is 0 Å². The molecule has 136 valence electrons. The molecule has 0 aliphatic heterocycles. The molecule has 10 heteroatoms. The maximum Gasteiger partial charge on any atom is 0.342 e. The standard InChI is InChI=1S/C16H15BrN4O5/c1-19-13-12(14(23)20(2)16(19)25)21(8-18-13)5-6-26-15(24)10-7-9(17)3-4-11(10)22/h3-4,7-8,22H,5-6H2,1-2H3. The van der Waals surface area contributed by atoms with Gasteiger partial charge in [0.05, 0.1) is 12.9 Å². The van der Waals surface area contributed by atoms with Crippen molar-refractivity contribution >= 4 is 33.1 Å². The molecule has 0 spiro atoms. The van der Waals surface area contributed by atoms with Crippen LogP contribution in [0.5, 0.6) is 5.75 Å². The lowest BCUT2D eigenvalue weighted by atomic mass is 10.2. The summed E-state index contributed by atoms with van der Waals surface area (Å²) in [7, 11) is 2.91. The lowest BCUT2D eigenvalue weighted by Gasteiger charge is -2.09. The van der Waals surface area contributed by atoms with Gasteiger partial charge in [-0.25, -0.2) is 14.6 Å². The maximum absolute atomic E-state index is 12.3. The number of aryl methyl sites for hydroxylation is 1. The third-order valence-corrected chi connectivity index (χ3v) is 4.45. The average Bonchev–Trinajstić information content (AvgIpc) is 3.04. The molecule has 2 heterocycles. The number of phenolic OH excluding ortho intramolecular Hbond substituents is 1. The fraction of sp³-hybridized carbons (Fsp3) is 0.250. The number of aromatic nitrogens is 4. The smallest absolute Gasteiger partial charge is 0.342 e. The Labute approximate surface area is 155 Å². The maximum atomic E-state index is 12.3. The summed E-state index contributed by atoms with van der Waals surface area (Å²) in [6, 6.07) is 4.44. The van der Waals surface area contributed by atoms with Gasteiger partial charge in [0.25, 0.3) is 5.56 Å². The van der Waals surface area contributed by atoms with Crippen molar-refractivity contribution in [2.75, 3.05) is 6.61 Å². The highest BCUT2D eigenvalue weighted by atomic mass is 79.9. The molecule has 0 saturated carbocycles. The lowest BCUT2D eigenvalue weighted by molar-refractivity contribution is 0.0489. The summed E-state index contributed by atoms with van der Waals surface area (Å²) in [5.41, 5.74) is -0.404. The summed E-state index contributed by atoms with van der Waals surface area (Å²) in [4.78, 5) is 40.4. The van der Waals surface area contributed by atoms with Gasteiger partial charge in [-0.2, -0.15) is 0 Å². The Balaban J connectivity index is 1.81. The van der Waals surface area contributed by atoms with Crippen LogP contribution < -0.4 is 11.2 Å². The van der Waals surface area contributed by atoms with Crippen LogP contribution in [0.4, 0.5) is 0 Å². The number of hydrogen-bond donors (Lipinski definition) is 1. The van der Waals surface area contributed by atoms with Crippen molar-refractivity contribution in [1.29, 1.82) is 0 Å². The summed E-state index contributed by atoms with van der Waals surface area (Å²) in [6.07, 6.45) is 1.41. The Bertz CT molecular complexity index is 1130. The predicted molar refractivity (Wildman–Crippen MR) is 96.3 cm³/mol. The van der Waals surface area contributed by atoms with E-state index >= 15 is 0 Å². The van der Waals surface area contributed by atoms with Gasteiger partial charge in [0.1, 0.15) is 17.9 Å². The molecule has 0 bridgehead atoms. The van der Waals surface area contributed by atoms with Crippen molar-refractivity contribution in [1.82, 2.24) is 18.7 Å². The molecule has 3 aromatic rings. The Morgan fingerprint density at radius 3 is 2.73 bits per heavy atom. The van der Waals surface area contributed by atoms with E-state index in [9.17, 15) is 19.5 Å². The van der Waals surface area contributed by atoms with Gasteiger partial charge in [-0.1, -0.05) is 15.9 Å². The molecule has 2 aromatic heterocycles. The number of phenols is 1. The Kier molecular flexibility index (Phi) is 4.68. The van der Waals surface area contributed by atoms with Gasteiger partial charge in [0, 0.05) is 18.6 Å². The van der Waals surface area contributed by atoms with Crippen molar-refractivity contribution in [2.24, 2.45) is 14.1 Å². The van der Waals surface area contributed by atoms with Gasteiger partial charge in [0.15, 0.2) is 11.2 Å². The molecule has 0 amide bonds. The summed E-state index contributed by atoms with van der Waals surface area (Å²) < 4.78 is 9.58. The van der Waals surface area contributed by atoms with Crippen molar-refractivity contribution in [3.8, 4) is 5.75 Å². The largest absolute Gasteiger partial charge is 0.507 e. The van der Waals surface area contributed by atoms with Gasteiger partial charge in [-0.05, 0) is 18.2 Å². The first kappa shape index (κ1) is 17.9. The zero-order chi connectivity index (χ0) is 19.0. The number of carbonyl (C=O) groups is 1. The molecule has 3 rings (SSSR count). The van der Waals surface area contributed by atoms with Crippen LogP contribution in [0, 0.1) is 0 Å². The quantitative estimate of drug-likeness (QED) is 0.621. The van der Waals surface area contributed by atoms with E-state index < -0.39 is 17.2 Å². The van der Waals surface area contributed by atoms with Crippen LogP contribution in [0.25, 0.3) is 11.2 Å². The van der Waals surface area contributed by atoms with Crippen LogP contribution in [0.2, 0.25) is 0 Å². The Morgan fingerprint density at radius 2 is 2.00 bits per heavy atom. The second kappa shape index (κ2) is 6.79. The number of carbonyl (C=O) groups excluding carboxylic acids is 1. The Hall–Kier alpha value is -2.88. The van der Waals surface area contributed by atoms with Gasteiger partial charge in [-0.3, -0.25) is 13.9 Å². The minimum Gasteiger partial charge on any atom is -0.507 e. The highest BCUT2D eigenvalue weighted by molar-refractivity contribution is 9.10. The number of esters is 1. The zero-order valence-electron chi connectivity index (χ0n) is 14.0. The number of hydrogen-bond acceptors (Lipinski definition) is 6. The molecule has 26 heavy (non-hydrogen) atoms. The van der Waals surface area contributed by atoms with Crippen molar-refractivity contribution in [3.05, 3.63) is 55.4 Å². The van der Waals surface area contributed by atoms with E-state index in [2.05, 4.69) is 20.9 Å². The fourth-order valence-corrected chi connectivity index (χ4v) is 2.91. The summed E-state index contributed by atoms with van der Waals surface area (Å²) >= 11 is 3.22. The van der Waals surface area contributed by atoms with Crippen molar-refractivity contribution in [2.45, 2.75) is 6.54 Å². The molecule has 9 nitrogen and oxygen atoms in total. The van der Waals surface area contributed by atoms with Crippen LogP contribution in [-0.4, -0.2) is 36.4 Å². The number of ether oxygens (including phenoxy) is 1. The lowest BCUT2D eigenvalue weighted by Crippen LogP contribution is -2.37. The molecular formula is C16H15BrN4O5. The number of rotatable bonds is 4. The van der Waals surface area contributed by atoms with E-state index in [0.717, 1.165) is 4.57 Å². The topological polar surface area (TPSA) is 108 Å². The molecule has 0 atom stereocenters. The zero-order valence-corrected chi connectivity index (χ0v) is 15.6. The second-order valence-corrected chi connectivity index (χ2v) is 6.53. The molecule has 0 saturated heterocycles. The van der Waals surface area contributed by atoms with Gasteiger partial charge in [-0.15, -0.1) is 0 Å². The molecule has 0 aliphatic rings. The van der Waals surface area contributed by atoms with E-state index in [4.69, 9.17) is 4.74 Å². The number of benzene rings is 1. The molecule has 1 N–H and O–H groups in total. The van der Waals surface area contributed by atoms with Crippen LogP contribution in [0.1, 0.15) is 10.4 Å². The summed E-state index contributed by atoms with van der Waals surface area (Å²) in [5, 5.41) is 9.74. The van der Waals surface area contributed by atoms with Gasteiger partial charge >= 0.3 is 11.7 Å². The third-order valence-electron chi connectivity index (χ3n) is 3.96. The Morgan fingerprint density at radius 1 is 1.27 bits per heavy atom. The fourth-order valence-electron chi connectivity index (χ4n) is 2.55. The third kappa shape index (κ3) is 3.03. The molecule has 0 aliphatic carbocycles. The minimum atomic E-state index is -0.687. The van der Waals surface area contributed by atoms with Crippen LogP contribution >= 0.6 is 15.9 Å². The molecular weight excluding hydrogens is 408 g/mol. The van der Waals surface area contributed by atoms with Crippen LogP contribution in [0.3, 0.4) is 0 Å². The number of imidazole rings is 1. The first-order chi connectivity index (χ1) is 12.3. The molecule has 1 aromatic carbocycles. The van der Waals surface area contributed by atoms with E-state index in [1.807, 2.05) is 0 Å². The SMILES string of the molecule is Cn1c(=O)c2c(ncn2CCOC(=O)c2cc(Br)ccc2O)n(C)c1=O. The number of aromatic hydroxyl groups is 1. The van der Waals surface area contributed by atoms with E-state index in [0.29, 0.717) is 4.47 Å². The highest BCUT2D eigenvalue weighted by Gasteiger charge is 2.16. The number of nitrogens with zero attached hydrogens (tertiary/aromatic N) is 4. The number of halogens is 1. The number of fused-ring (bicyclic) bond motifs is 1. The average molecular weight is 423 g/mol. The van der Waals surface area contributed by atoms with E-state index in [-0.39, 0.29) is 35.6 Å². The summed E-state index contributed by atoms with van der Waals surface area (Å²) in [5.74, 6) is -0.872. The van der Waals surface area contributed by atoms with Crippen molar-refractivity contribution in [3.63, 3.8) is 0 Å². The normalized spacial score (nSPS) is 11.0. The molecule has 0 unspecified atom stereocenters. The first-order valence-electron chi connectivity index (χ1n) is 7.57. The van der Waals surface area contributed by atoms with Crippen molar-refractivity contribution < 1.29 is 14.6 Å². The predicted octanol–water partition coefficient (Wildman–Crippen LogP) is 0.759. The van der Waals surface area contributed by atoms with Crippen LogP contribution in [0.15, 0.2) is 38.6 Å². The monoisotopic (exact) mass is 422 g/mol. The molecule has 0 fully saturated rings. The van der Waals surface area contributed by atoms with E-state index in [1.165, 1.54) is 41.7 Å². The highest BCUT2D eigenvalue weighted by Crippen LogP contribution is 2.22. The minimum absolute atomic E-state index is 0.0353. The van der Waals surface area contributed by atoms with Gasteiger partial charge < -0.3 is 14.4 Å².